The maximum absolute atomic E-state index is 13.6. The summed E-state index contributed by atoms with van der Waals surface area (Å²) in [5.41, 5.74) is 2.94. The second kappa shape index (κ2) is 7.58. The van der Waals surface area contributed by atoms with Crippen LogP contribution in [0.25, 0.3) is 21.8 Å². The molecule has 2 heterocycles. The Morgan fingerprint density at radius 2 is 1.33 bits per heavy atom. The van der Waals surface area contributed by atoms with Crippen LogP contribution in [0.4, 0.5) is 10.1 Å². The van der Waals surface area contributed by atoms with Crippen molar-refractivity contribution in [3.05, 3.63) is 78.6 Å². The van der Waals surface area contributed by atoms with E-state index in [0.29, 0.717) is 0 Å². The van der Waals surface area contributed by atoms with Gasteiger partial charge in [0, 0.05) is 42.6 Å². The fourth-order valence-electron chi connectivity index (χ4n) is 4.52. The lowest BCUT2D eigenvalue weighted by molar-refractivity contribution is 0.0753. The van der Waals surface area contributed by atoms with E-state index in [9.17, 15) is 9.18 Å². The van der Waals surface area contributed by atoms with Gasteiger partial charge in [-0.2, -0.15) is 0 Å². The molecule has 0 amide bonds. The molecule has 0 N–H and O–H groups in total. The third kappa shape index (κ3) is 3.15. The third-order valence-electron chi connectivity index (χ3n) is 6.21. The van der Waals surface area contributed by atoms with Crippen molar-refractivity contribution in [2.75, 3.05) is 31.1 Å². The van der Waals surface area contributed by atoms with Crippen molar-refractivity contribution in [3.8, 4) is 0 Å². The van der Waals surface area contributed by atoms with Gasteiger partial charge in [0.15, 0.2) is 0 Å². The van der Waals surface area contributed by atoms with E-state index < -0.39 is 0 Å². The zero-order chi connectivity index (χ0) is 20.7. The molecule has 0 spiro atoms. The van der Waals surface area contributed by atoms with E-state index in [4.69, 9.17) is 0 Å². The maximum atomic E-state index is 13.6. The van der Waals surface area contributed by atoms with Crippen molar-refractivity contribution >= 4 is 33.4 Å². The van der Waals surface area contributed by atoms with Crippen LogP contribution < -0.4 is 4.90 Å². The van der Waals surface area contributed by atoms with E-state index in [1.54, 1.807) is 0 Å². The topological polar surface area (TPSA) is 28.5 Å². The first-order valence-electron chi connectivity index (χ1n) is 10.4. The SMILES string of the molecule is CC(C(=O)n1c2ccccc2c2ccccc21)N1CCN(c2ccc(F)cc2)CC1. The molecular formula is C25H24FN3O. The van der Waals surface area contributed by atoms with E-state index in [-0.39, 0.29) is 17.8 Å². The van der Waals surface area contributed by atoms with Crippen molar-refractivity contribution in [1.29, 1.82) is 0 Å². The molecule has 1 aliphatic heterocycles. The molecule has 0 radical (unpaired) electrons. The minimum Gasteiger partial charge on any atom is -0.369 e. The number of benzene rings is 3. The number of aromatic nitrogens is 1. The molecule has 5 rings (SSSR count). The Kier molecular flexibility index (Phi) is 4.75. The summed E-state index contributed by atoms with van der Waals surface area (Å²) < 4.78 is 15.1. The molecule has 5 heteroatoms. The van der Waals surface area contributed by atoms with Gasteiger partial charge >= 0.3 is 0 Å². The molecule has 1 fully saturated rings. The molecule has 3 aromatic carbocycles. The van der Waals surface area contributed by atoms with E-state index in [1.807, 2.05) is 60.0 Å². The zero-order valence-corrected chi connectivity index (χ0v) is 17.0. The number of fused-ring (bicyclic) bond motifs is 3. The Morgan fingerprint density at radius 3 is 1.90 bits per heavy atom. The normalized spacial score (nSPS) is 16.3. The van der Waals surface area contributed by atoms with Crippen molar-refractivity contribution in [3.63, 3.8) is 0 Å². The first kappa shape index (κ1) is 18.8. The highest BCUT2D eigenvalue weighted by Crippen LogP contribution is 2.29. The van der Waals surface area contributed by atoms with Crippen LogP contribution in [0.5, 0.6) is 0 Å². The fraction of sp³-hybridized carbons (Fsp3) is 0.240. The smallest absolute Gasteiger partial charge is 0.248 e. The number of hydrogen-bond donors (Lipinski definition) is 0. The number of piperazine rings is 1. The lowest BCUT2D eigenvalue weighted by atomic mass is 10.2. The van der Waals surface area contributed by atoms with Gasteiger partial charge in [0.05, 0.1) is 17.1 Å². The third-order valence-corrected chi connectivity index (χ3v) is 6.21. The van der Waals surface area contributed by atoms with Crippen LogP contribution in [0.15, 0.2) is 72.8 Å². The average Bonchev–Trinajstić information content (AvgIpc) is 3.13. The molecule has 1 saturated heterocycles. The van der Waals surface area contributed by atoms with E-state index >= 15 is 0 Å². The quantitative estimate of drug-likeness (QED) is 0.494. The summed E-state index contributed by atoms with van der Waals surface area (Å²) in [5.74, 6) is -0.120. The second-order valence-corrected chi connectivity index (χ2v) is 7.88. The number of nitrogens with zero attached hydrogens (tertiary/aromatic N) is 3. The summed E-state index contributed by atoms with van der Waals surface area (Å²) in [6.45, 7) is 5.22. The van der Waals surface area contributed by atoms with E-state index in [2.05, 4.69) is 21.9 Å². The Balaban J connectivity index is 1.39. The molecule has 1 unspecified atom stereocenters. The van der Waals surface area contributed by atoms with Gasteiger partial charge in [0.25, 0.3) is 0 Å². The second-order valence-electron chi connectivity index (χ2n) is 7.88. The number of anilines is 1. The van der Waals surface area contributed by atoms with Crippen LogP contribution in [0, 0.1) is 5.82 Å². The molecule has 0 bridgehead atoms. The highest BCUT2D eigenvalue weighted by atomic mass is 19.1. The van der Waals surface area contributed by atoms with Crippen molar-refractivity contribution in [2.45, 2.75) is 13.0 Å². The molecule has 1 atom stereocenters. The van der Waals surface area contributed by atoms with Gasteiger partial charge in [0.1, 0.15) is 5.82 Å². The summed E-state index contributed by atoms with van der Waals surface area (Å²) in [7, 11) is 0. The number of para-hydroxylation sites is 2. The molecule has 0 aliphatic carbocycles. The first-order chi connectivity index (χ1) is 14.6. The van der Waals surface area contributed by atoms with Gasteiger partial charge in [-0.25, -0.2) is 4.39 Å². The van der Waals surface area contributed by atoms with Gasteiger partial charge < -0.3 is 4.90 Å². The molecular weight excluding hydrogens is 377 g/mol. The Morgan fingerprint density at radius 1 is 0.800 bits per heavy atom. The standard InChI is InChI=1S/C25H24FN3O/c1-18(27-14-16-28(17-15-27)20-12-10-19(26)11-13-20)25(30)29-23-8-4-2-6-21(23)22-7-3-5-9-24(22)29/h2-13,18H,14-17H2,1H3. The molecule has 4 nitrogen and oxygen atoms in total. The first-order valence-corrected chi connectivity index (χ1v) is 10.4. The summed E-state index contributed by atoms with van der Waals surface area (Å²) in [6.07, 6.45) is 0. The molecule has 1 aliphatic rings. The van der Waals surface area contributed by atoms with Crippen molar-refractivity contribution in [1.82, 2.24) is 9.47 Å². The monoisotopic (exact) mass is 401 g/mol. The highest BCUT2D eigenvalue weighted by molar-refractivity contribution is 6.13. The number of rotatable bonds is 3. The van der Waals surface area contributed by atoms with Gasteiger partial charge in [0.2, 0.25) is 5.91 Å². The molecule has 30 heavy (non-hydrogen) atoms. The molecule has 152 valence electrons. The molecule has 1 aromatic heterocycles. The van der Waals surface area contributed by atoms with E-state index in [0.717, 1.165) is 53.7 Å². The predicted molar refractivity (Wildman–Crippen MR) is 120 cm³/mol. The Bertz CT molecular complexity index is 1150. The van der Waals surface area contributed by atoms with Gasteiger partial charge in [-0.05, 0) is 43.3 Å². The molecule has 4 aromatic rings. The summed E-state index contributed by atoms with van der Waals surface area (Å²) >= 11 is 0. The van der Waals surface area contributed by atoms with Gasteiger partial charge in [-0.15, -0.1) is 0 Å². The summed E-state index contributed by atoms with van der Waals surface area (Å²) in [5, 5.41) is 2.21. The number of carbonyl (C=O) groups excluding carboxylic acids is 1. The number of carbonyl (C=O) groups is 1. The van der Waals surface area contributed by atoms with E-state index in [1.165, 1.54) is 12.1 Å². The van der Waals surface area contributed by atoms with Crippen molar-refractivity contribution < 1.29 is 9.18 Å². The largest absolute Gasteiger partial charge is 0.369 e. The van der Waals surface area contributed by atoms with Crippen LogP contribution in [0.1, 0.15) is 11.7 Å². The average molecular weight is 401 g/mol. The minimum absolute atomic E-state index is 0.0997. The zero-order valence-electron chi connectivity index (χ0n) is 17.0. The van der Waals surface area contributed by atoms with Crippen LogP contribution in [0.3, 0.4) is 0 Å². The lowest BCUT2D eigenvalue weighted by Gasteiger charge is -2.38. The van der Waals surface area contributed by atoms with Gasteiger partial charge in [-0.1, -0.05) is 36.4 Å². The highest BCUT2D eigenvalue weighted by Gasteiger charge is 2.28. The minimum atomic E-state index is -0.223. The van der Waals surface area contributed by atoms with Crippen LogP contribution in [0.2, 0.25) is 0 Å². The van der Waals surface area contributed by atoms with Crippen LogP contribution >= 0.6 is 0 Å². The van der Waals surface area contributed by atoms with Crippen LogP contribution in [-0.4, -0.2) is 47.6 Å². The lowest BCUT2D eigenvalue weighted by Crippen LogP contribution is -2.52. The van der Waals surface area contributed by atoms with Gasteiger partial charge in [-0.3, -0.25) is 14.3 Å². The fourth-order valence-corrected chi connectivity index (χ4v) is 4.52. The number of hydrogen-bond acceptors (Lipinski definition) is 3. The summed E-state index contributed by atoms with van der Waals surface area (Å²) in [4.78, 5) is 18.1. The van der Waals surface area contributed by atoms with Crippen molar-refractivity contribution in [2.24, 2.45) is 0 Å². The predicted octanol–water partition coefficient (Wildman–Crippen LogP) is 4.78. The molecule has 0 saturated carbocycles. The Labute approximate surface area is 175 Å². The van der Waals surface area contributed by atoms with Crippen LogP contribution in [-0.2, 0) is 0 Å². The Hall–Kier alpha value is -3.18. The number of halogens is 1. The summed E-state index contributed by atoms with van der Waals surface area (Å²) in [6, 6.07) is 22.6. The maximum Gasteiger partial charge on any atom is 0.248 e.